The van der Waals surface area contributed by atoms with Crippen molar-refractivity contribution in [2.75, 3.05) is 20.1 Å². The van der Waals surface area contributed by atoms with Gasteiger partial charge < -0.3 is 5.73 Å². The molecule has 8 heteroatoms. The number of nitrogens with two attached hydrogens (primary N) is 1. The molecule has 1 rings (SSSR count). The molecule has 3 N–H and O–H groups in total. The Morgan fingerprint density at radius 1 is 1.56 bits per heavy atom. The molecule has 1 unspecified atom stereocenters. The van der Waals surface area contributed by atoms with Gasteiger partial charge in [0.2, 0.25) is 0 Å². The molecule has 1 aromatic heterocycles. The molecule has 0 aliphatic carbocycles. The number of aromatic nitrogens is 2. The van der Waals surface area contributed by atoms with E-state index in [1.165, 1.54) is 4.31 Å². The fourth-order valence-corrected chi connectivity index (χ4v) is 2.64. The van der Waals surface area contributed by atoms with E-state index in [9.17, 15) is 8.42 Å². The first-order valence-electron chi connectivity index (χ1n) is 5.87. The molecule has 0 fully saturated rings. The predicted molar refractivity (Wildman–Crippen MR) is 70.0 cm³/mol. The van der Waals surface area contributed by atoms with Crippen LogP contribution in [0.3, 0.4) is 0 Å². The number of nitrogens with one attached hydrogen (secondary N) is 1. The van der Waals surface area contributed by atoms with E-state index in [0.717, 1.165) is 0 Å². The molecule has 1 heterocycles. The highest BCUT2D eigenvalue weighted by Gasteiger charge is 2.19. The zero-order valence-electron chi connectivity index (χ0n) is 10.8. The van der Waals surface area contributed by atoms with Crippen LogP contribution < -0.4 is 10.5 Å². The van der Waals surface area contributed by atoms with Gasteiger partial charge in [0, 0.05) is 32.0 Å². The monoisotopic (exact) mass is 275 g/mol. The van der Waals surface area contributed by atoms with Crippen molar-refractivity contribution in [2.24, 2.45) is 5.73 Å². The fraction of sp³-hybridized carbons (Fsp3) is 0.700. The van der Waals surface area contributed by atoms with Crippen LogP contribution in [0.4, 0.5) is 0 Å². The smallest absolute Gasteiger partial charge is 0.279 e. The van der Waals surface area contributed by atoms with Gasteiger partial charge in [-0.2, -0.15) is 22.5 Å². The Morgan fingerprint density at radius 2 is 2.28 bits per heavy atom. The van der Waals surface area contributed by atoms with Gasteiger partial charge in [-0.1, -0.05) is 0 Å². The molecule has 1 atom stereocenters. The van der Waals surface area contributed by atoms with E-state index >= 15 is 0 Å². The van der Waals surface area contributed by atoms with Crippen LogP contribution in [0.2, 0.25) is 0 Å². The van der Waals surface area contributed by atoms with Crippen molar-refractivity contribution in [2.45, 2.75) is 25.9 Å². The molecule has 0 aromatic carbocycles. The van der Waals surface area contributed by atoms with E-state index in [0.29, 0.717) is 26.1 Å². The number of nitrogens with zero attached hydrogens (tertiary/aromatic N) is 3. The summed E-state index contributed by atoms with van der Waals surface area (Å²) in [5.41, 5.74) is 5.36. The number of rotatable bonds is 8. The van der Waals surface area contributed by atoms with Gasteiger partial charge in [-0.25, -0.2) is 0 Å². The second-order valence-electron chi connectivity index (χ2n) is 4.22. The highest BCUT2D eigenvalue weighted by atomic mass is 32.2. The first-order valence-corrected chi connectivity index (χ1v) is 7.31. The average Bonchev–Trinajstić information content (AvgIpc) is 2.77. The first-order chi connectivity index (χ1) is 8.45. The van der Waals surface area contributed by atoms with E-state index in [1.54, 1.807) is 37.1 Å². The van der Waals surface area contributed by atoms with Crippen molar-refractivity contribution in [1.82, 2.24) is 18.8 Å². The van der Waals surface area contributed by atoms with Crippen molar-refractivity contribution in [1.29, 1.82) is 0 Å². The molecule has 0 amide bonds. The SMILES string of the molecule is CC(Cn1cccn1)NS(=O)(=O)N(C)CCCN. The van der Waals surface area contributed by atoms with E-state index in [2.05, 4.69) is 9.82 Å². The summed E-state index contributed by atoms with van der Waals surface area (Å²) < 4.78 is 29.4. The van der Waals surface area contributed by atoms with Gasteiger partial charge in [-0.15, -0.1) is 0 Å². The van der Waals surface area contributed by atoms with E-state index in [-0.39, 0.29) is 6.04 Å². The van der Waals surface area contributed by atoms with Crippen molar-refractivity contribution in [3.05, 3.63) is 18.5 Å². The molecule has 18 heavy (non-hydrogen) atoms. The third-order valence-corrected chi connectivity index (χ3v) is 4.16. The predicted octanol–water partition coefficient (Wildman–Crippen LogP) is -0.613. The minimum Gasteiger partial charge on any atom is -0.330 e. The molecule has 0 aliphatic heterocycles. The Morgan fingerprint density at radius 3 is 2.83 bits per heavy atom. The Kier molecular flexibility index (Phi) is 5.73. The third-order valence-electron chi connectivity index (χ3n) is 2.46. The molecule has 1 aromatic rings. The molecule has 0 spiro atoms. The summed E-state index contributed by atoms with van der Waals surface area (Å²) in [4.78, 5) is 0. The van der Waals surface area contributed by atoms with E-state index < -0.39 is 10.2 Å². The van der Waals surface area contributed by atoms with Crippen LogP contribution in [0.15, 0.2) is 18.5 Å². The van der Waals surface area contributed by atoms with Crippen LogP contribution in [-0.4, -0.2) is 48.7 Å². The Balaban J connectivity index is 2.49. The maximum absolute atomic E-state index is 11.9. The van der Waals surface area contributed by atoms with Gasteiger partial charge >= 0.3 is 0 Å². The fourth-order valence-electron chi connectivity index (χ4n) is 1.50. The molecule has 7 nitrogen and oxygen atoms in total. The van der Waals surface area contributed by atoms with Gasteiger partial charge in [0.1, 0.15) is 0 Å². The largest absolute Gasteiger partial charge is 0.330 e. The van der Waals surface area contributed by atoms with Gasteiger partial charge in [0.15, 0.2) is 0 Å². The van der Waals surface area contributed by atoms with Crippen molar-refractivity contribution in [3.63, 3.8) is 0 Å². The molecular formula is C10H21N5O2S. The summed E-state index contributed by atoms with van der Waals surface area (Å²) in [5, 5.41) is 4.03. The van der Waals surface area contributed by atoms with Crippen LogP contribution in [0.5, 0.6) is 0 Å². The summed E-state index contributed by atoms with van der Waals surface area (Å²) in [6.45, 7) is 3.19. The Labute approximate surface area is 108 Å². The summed E-state index contributed by atoms with van der Waals surface area (Å²) in [6, 6.07) is 1.57. The molecule has 0 radical (unpaired) electrons. The lowest BCUT2D eigenvalue weighted by Crippen LogP contribution is -2.44. The minimum absolute atomic E-state index is 0.227. The molecule has 0 aliphatic rings. The Hall–Kier alpha value is -0.960. The standard InChI is InChI=1S/C10H21N5O2S/c1-10(9-15-8-4-6-12-15)13-18(16,17)14(2)7-3-5-11/h4,6,8,10,13H,3,5,7,9,11H2,1-2H3. The second-order valence-corrected chi connectivity index (χ2v) is 6.02. The third kappa shape index (κ3) is 4.73. The van der Waals surface area contributed by atoms with Crippen LogP contribution in [0.1, 0.15) is 13.3 Å². The average molecular weight is 275 g/mol. The van der Waals surface area contributed by atoms with Crippen LogP contribution in [0, 0.1) is 0 Å². The van der Waals surface area contributed by atoms with E-state index in [1.807, 2.05) is 0 Å². The lowest BCUT2D eigenvalue weighted by molar-refractivity contribution is 0.430. The first kappa shape index (κ1) is 15.1. The van der Waals surface area contributed by atoms with Gasteiger partial charge in [0.25, 0.3) is 10.2 Å². The number of hydrogen-bond acceptors (Lipinski definition) is 4. The molecule has 0 saturated heterocycles. The summed E-state index contributed by atoms with van der Waals surface area (Å²) >= 11 is 0. The summed E-state index contributed by atoms with van der Waals surface area (Å²) in [7, 11) is -1.91. The maximum Gasteiger partial charge on any atom is 0.279 e. The summed E-state index contributed by atoms with van der Waals surface area (Å²) in [6.07, 6.45) is 4.10. The maximum atomic E-state index is 11.9. The molecule has 0 saturated carbocycles. The van der Waals surface area contributed by atoms with Crippen molar-refractivity contribution < 1.29 is 8.42 Å². The van der Waals surface area contributed by atoms with Gasteiger partial charge in [0.05, 0.1) is 6.54 Å². The minimum atomic E-state index is -3.45. The topological polar surface area (TPSA) is 93.2 Å². The lowest BCUT2D eigenvalue weighted by Gasteiger charge is -2.20. The zero-order valence-corrected chi connectivity index (χ0v) is 11.6. The van der Waals surface area contributed by atoms with Crippen molar-refractivity contribution in [3.8, 4) is 0 Å². The van der Waals surface area contributed by atoms with Crippen molar-refractivity contribution >= 4 is 10.2 Å². The highest BCUT2D eigenvalue weighted by Crippen LogP contribution is 1.99. The molecule has 0 bridgehead atoms. The number of hydrogen-bond donors (Lipinski definition) is 2. The van der Waals surface area contributed by atoms with Crippen LogP contribution >= 0.6 is 0 Å². The second kappa shape index (κ2) is 6.83. The van der Waals surface area contributed by atoms with E-state index in [4.69, 9.17) is 5.73 Å². The van der Waals surface area contributed by atoms with Gasteiger partial charge in [-0.05, 0) is 26.0 Å². The summed E-state index contributed by atoms with van der Waals surface area (Å²) in [5.74, 6) is 0. The highest BCUT2D eigenvalue weighted by molar-refractivity contribution is 7.87. The quantitative estimate of drug-likeness (QED) is 0.661. The zero-order chi connectivity index (χ0) is 13.6. The lowest BCUT2D eigenvalue weighted by atomic mass is 10.4. The Bertz CT molecular complexity index is 431. The van der Waals surface area contributed by atoms with Crippen LogP contribution in [-0.2, 0) is 16.8 Å². The normalized spacial score (nSPS) is 14.0. The van der Waals surface area contributed by atoms with Gasteiger partial charge in [-0.3, -0.25) is 4.68 Å². The molecular weight excluding hydrogens is 254 g/mol. The molecule has 104 valence electrons. The van der Waals surface area contributed by atoms with Crippen LogP contribution in [0.25, 0.3) is 0 Å².